The van der Waals surface area contributed by atoms with Gasteiger partial charge >= 0.3 is 0 Å². The van der Waals surface area contributed by atoms with Crippen molar-refractivity contribution in [3.63, 3.8) is 0 Å². The summed E-state index contributed by atoms with van der Waals surface area (Å²) >= 11 is 0. The molecule has 3 heterocycles. The number of aliphatic hydroxyl groups is 1. The number of aryl methyl sites for hydroxylation is 2. The Morgan fingerprint density at radius 2 is 2.30 bits per heavy atom. The van der Waals surface area contributed by atoms with Gasteiger partial charge in [0.2, 0.25) is 0 Å². The number of amides is 1. The zero-order chi connectivity index (χ0) is 16.6. The van der Waals surface area contributed by atoms with Crippen LogP contribution in [0.4, 0.5) is 0 Å². The molecule has 2 aromatic rings. The summed E-state index contributed by atoms with van der Waals surface area (Å²) in [5, 5.41) is 26.3. The van der Waals surface area contributed by atoms with Gasteiger partial charge in [-0.2, -0.15) is 10.4 Å². The number of hydrogen-bond donors (Lipinski definition) is 2. The molecule has 1 fully saturated rings. The second-order valence-corrected chi connectivity index (χ2v) is 6.12. The van der Waals surface area contributed by atoms with E-state index in [0.717, 1.165) is 11.4 Å². The molecule has 0 saturated carbocycles. The average Bonchev–Trinajstić information content (AvgIpc) is 3.19. The van der Waals surface area contributed by atoms with E-state index >= 15 is 0 Å². The van der Waals surface area contributed by atoms with Crippen molar-refractivity contribution >= 4 is 5.91 Å². The van der Waals surface area contributed by atoms with Crippen LogP contribution in [0.2, 0.25) is 0 Å². The van der Waals surface area contributed by atoms with Gasteiger partial charge in [-0.15, -0.1) is 0 Å². The second kappa shape index (κ2) is 5.89. The molecule has 0 aliphatic carbocycles. The molecule has 0 radical (unpaired) electrons. The summed E-state index contributed by atoms with van der Waals surface area (Å²) in [6, 6.07) is 5.57. The van der Waals surface area contributed by atoms with Crippen LogP contribution in [-0.4, -0.2) is 49.9 Å². The zero-order valence-electron chi connectivity index (χ0n) is 13.2. The van der Waals surface area contributed by atoms with Crippen LogP contribution < -0.4 is 0 Å². The molecule has 1 aliphatic rings. The van der Waals surface area contributed by atoms with E-state index in [9.17, 15) is 9.90 Å². The van der Waals surface area contributed by atoms with Crippen LogP contribution in [0.1, 0.15) is 27.4 Å². The third-order valence-electron chi connectivity index (χ3n) is 4.28. The predicted molar refractivity (Wildman–Crippen MR) is 82.6 cm³/mol. The summed E-state index contributed by atoms with van der Waals surface area (Å²) in [4.78, 5) is 14.3. The van der Waals surface area contributed by atoms with Crippen LogP contribution in [-0.2, 0) is 13.5 Å². The zero-order valence-corrected chi connectivity index (χ0v) is 13.2. The fourth-order valence-electron chi connectivity index (χ4n) is 3.07. The average molecular weight is 313 g/mol. The van der Waals surface area contributed by atoms with Gasteiger partial charge in [-0.3, -0.25) is 9.89 Å². The fraction of sp³-hybridized carbons (Fsp3) is 0.438. The van der Waals surface area contributed by atoms with Gasteiger partial charge in [0.1, 0.15) is 11.8 Å². The third kappa shape index (κ3) is 2.98. The maximum absolute atomic E-state index is 12.6. The lowest BCUT2D eigenvalue weighted by Crippen LogP contribution is -2.30. The summed E-state index contributed by atoms with van der Waals surface area (Å²) in [5.41, 5.74) is 2.80. The lowest BCUT2D eigenvalue weighted by Gasteiger charge is -2.16. The molecular weight excluding hydrogens is 294 g/mol. The molecule has 1 amide bonds. The summed E-state index contributed by atoms with van der Waals surface area (Å²) < 4.78 is 1.65. The number of likely N-dealkylation sites (tertiary alicyclic amines) is 1. The first-order valence-electron chi connectivity index (χ1n) is 7.52. The minimum absolute atomic E-state index is 0.0302. The van der Waals surface area contributed by atoms with Crippen molar-refractivity contribution in [1.82, 2.24) is 19.7 Å². The number of aromatic nitrogens is 3. The Labute approximate surface area is 134 Å². The topological polar surface area (TPSA) is 97.9 Å². The number of nitrogens with one attached hydrogen (secondary N) is 1. The first-order valence-corrected chi connectivity index (χ1v) is 7.52. The summed E-state index contributed by atoms with van der Waals surface area (Å²) in [6.07, 6.45) is 1.70. The van der Waals surface area contributed by atoms with Crippen molar-refractivity contribution in [1.29, 1.82) is 5.26 Å². The van der Waals surface area contributed by atoms with Crippen molar-refractivity contribution in [2.75, 3.05) is 13.1 Å². The molecule has 2 atom stereocenters. The van der Waals surface area contributed by atoms with Gasteiger partial charge in [0.05, 0.1) is 17.4 Å². The smallest absolute Gasteiger partial charge is 0.270 e. The molecule has 0 bridgehead atoms. The SMILES string of the molecule is Cc1cc(C[C@@H]2CN(C(=O)c3cc(C#N)cn3C)C[C@@H]2O)n[nH]1. The molecular formula is C16H19N5O2. The minimum atomic E-state index is -0.563. The van der Waals surface area contributed by atoms with Crippen molar-refractivity contribution in [3.8, 4) is 6.07 Å². The Kier molecular flexibility index (Phi) is 3.92. The van der Waals surface area contributed by atoms with Gasteiger partial charge in [0.25, 0.3) is 5.91 Å². The number of hydrogen-bond acceptors (Lipinski definition) is 4. The lowest BCUT2D eigenvalue weighted by molar-refractivity contribution is 0.0755. The maximum atomic E-state index is 12.6. The number of nitrogens with zero attached hydrogens (tertiary/aromatic N) is 4. The van der Waals surface area contributed by atoms with E-state index in [1.807, 2.05) is 19.1 Å². The van der Waals surface area contributed by atoms with Gasteiger partial charge in [-0.1, -0.05) is 0 Å². The van der Waals surface area contributed by atoms with E-state index in [0.29, 0.717) is 30.8 Å². The summed E-state index contributed by atoms with van der Waals surface area (Å²) in [5.74, 6) is -0.189. The van der Waals surface area contributed by atoms with Gasteiger partial charge in [-0.25, -0.2) is 0 Å². The Bertz CT molecular complexity index is 770. The van der Waals surface area contributed by atoms with Gasteiger partial charge < -0.3 is 14.6 Å². The molecule has 1 saturated heterocycles. The van der Waals surface area contributed by atoms with Gasteiger partial charge in [0.15, 0.2) is 0 Å². The maximum Gasteiger partial charge on any atom is 0.270 e. The standard InChI is InChI=1S/C16H19N5O2/c1-10-3-13(19-18-10)5-12-8-21(9-15(12)22)16(23)14-4-11(6-17)7-20(14)2/h3-4,7,12,15,22H,5,8-9H2,1-2H3,(H,18,19)/t12-,15+/m1/s1. The number of H-pyrrole nitrogens is 1. The highest BCUT2D eigenvalue weighted by Crippen LogP contribution is 2.23. The Morgan fingerprint density at radius 3 is 2.91 bits per heavy atom. The van der Waals surface area contributed by atoms with Crippen molar-refractivity contribution in [2.45, 2.75) is 19.4 Å². The highest BCUT2D eigenvalue weighted by Gasteiger charge is 2.35. The molecule has 3 rings (SSSR count). The van der Waals surface area contributed by atoms with Crippen molar-refractivity contribution in [2.24, 2.45) is 13.0 Å². The molecule has 1 aliphatic heterocycles. The van der Waals surface area contributed by atoms with Crippen LogP contribution in [0.3, 0.4) is 0 Å². The quantitative estimate of drug-likeness (QED) is 0.867. The summed E-state index contributed by atoms with van der Waals surface area (Å²) in [6.45, 7) is 2.72. The van der Waals surface area contributed by atoms with Crippen molar-refractivity contribution < 1.29 is 9.90 Å². The number of carbonyl (C=O) groups excluding carboxylic acids is 1. The molecule has 7 nitrogen and oxygen atoms in total. The van der Waals surface area contributed by atoms with Crippen molar-refractivity contribution in [3.05, 3.63) is 41.0 Å². The van der Waals surface area contributed by atoms with Crippen LogP contribution in [0, 0.1) is 24.2 Å². The molecule has 23 heavy (non-hydrogen) atoms. The van der Waals surface area contributed by atoms with Crippen LogP contribution in [0.15, 0.2) is 18.3 Å². The summed E-state index contributed by atoms with van der Waals surface area (Å²) in [7, 11) is 1.74. The van der Waals surface area contributed by atoms with Gasteiger partial charge in [0, 0.05) is 37.9 Å². The van der Waals surface area contributed by atoms with E-state index in [4.69, 9.17) is 5.26 Å². The Balaban J connectivity index is 1.71. The number of β-amino-alcohol motifs (C(OH)–C–C–N with tert-alkyl or cyclic N) is 1. The number of aromatic amines is 1. The number of aliphatic hydroxyl groups excluding tert-OH is 1. The van der Waals surface area contributed by atoms with E-state index < -0.39 is 6.10 Å². The van der Waals surface area contributed by atoms with Gasteiger partial charge in [-0.05, 0) is 25.5 Å². The molecule has 0 aromatic carbocycles. The van der Waals surface area contributed by atoms with Crippen LogP contribution >= 0.6 is 0 Å². The van der Waals surface area contributed by atoms with E-state index in [1.54, 1.807) is 28.8 Å². The lowest BCUT2D eigenvalue weighted by atomic mass is 10.0. The third-order valence-corrected chi connectivity index (χ3v) is 4.28. The highest BCUT2D eigenvalue weighted by molar-refractivity contribution is 5.93. The monoisotopic (exact) mass is 313 g/mol. The Morgan fingerprint density at radius 1 is 1.52 bits per heavy atom. The van der Waals surface area contributed by atoms with Crippen LogP contribution in [0.5, 0.6) is 0 Å². The van der Waals surface area contributed by atoms with E-state index in [2.05, 4.69) is 10.2 Å². The predicted octanol–water partition coefficient (Wildman–Crippen LogP) is 0.604. The largest absolute Gasteiger partial charge is 0.391 e. The molecule has 2 N–H and O–H groups in total. The fourth-order valence-corrected chi connectivity index (χ4v) is 3.07. The number of rotatable bonds is 3. The molecule has 120 valence electrons. The second-order valence-electron chi connectivity index (χ2n) is 6.12. The Hall–Kier alpha value is -2.59. The number of nitriles is 1. The first kappa shape index (κ1) is 15.3. The van der Waals surface area contributed by atoms with E-state index in [1.165, 1.54) is 0 Å². The molecule has 0 unspecified atom stereocenters. The molecule has 0 spiro atoms. The molecule has 7 heteroatoms. The highest BCUT2D eigenvalue weighted by atomic mass is 16.3. The molecule has 2 aromatic heterocycles. The normalized spacial score (nSPS) is 20.7. The van der Waals surface area contributed by atoms with Crippen LogP contribution in [0.25, 0.3) is 0 Å². The van der Waals surface area contributed by atoms with E-state index in [-0.39, 0.29) is 11.8 Å². The number of carbonyl (C=O) groups is 1. The minimum Gasteiger partial charge on any atom is -0.391 e. The first-order chi connectivity index (χ1) is 11.0.